The first-order valence-corrected chi connectivity index (χ1v) is 10.3. The van der Waals surface area contributed by atoms with Gasteiger partial charge < -0.3 is 10.1 Å². The fourth-order valence-corrected chi connectivity index (χ4v) is 3.35. The van der Waals surface area contributed by atoms with Gasteiger partial charge in [0.15, 0.2) is 0 Å². The minimum absolute atomic E-state index is 0.241. The summed E-state index contributed by atoms with van der Waals surface area (Å²) in [6.45, 7) is 1.97. The van der Waals surface area contributed by atoms with Crippen LogP contribution in [0, 0.1) is 0 Å². The molecule has 0 unspecified atom stereocenters. The Morgan fingerprint density at radius 1 is 0.971 bits per heavy atom. The van der Waals surface area contributed by atoms with E-state index in [1.807, 2.05) is 0 Å². The molecule has 9 heteroatoms. The van der Waals surface area contributed by atoms with Gasteiger partial charge in [0.2, 0.25) is 0 Å². The summed E-state index contributed by atoms with van der Waals surface area (Å²) < 4.78 is 43.5. The monoisotopic (exact) mass is 465 g/mol. The number of halogens is 3. The average Bonchev–Trinajstić information content (AvgIpc) is 2.83. The number of benzene rings is 2. The molecule has 4 aromatic rings. The molecule has 0 saturated carbocycles. The van der Waals surface area contributed by atoms with E-state index in [0.29, 0.717) is 27.7 Å². The van der Waals surface area contributed by atoms with Crippen molar-refractivity contribution >= 4 is 28.5 Å². The third-order valence-electron chi connectivity index (χ3n) is 4.99. The van der Waals surface area contributed by atoms with Crippen LogP contribution in [-0.2, 0) is 10.9 Å². The Balaban J connectivity index is 1.58. The molecule has 0 fully saturated rings. The maximum atomic E-state index is 13.0. The Labute approximate surface area is 192 Å². The summed E-state index contributed by atoms with van der Waals surface area (Å²) in [5.74, 6) is -0.928. The smallest absolute Gasteiger partial charge is 0.417 e. The molecule has 34 heavy (non-hydrogen) atoms. The van der Waals surface area contributed by atoms with Crippen LogP contribution in [0.3, 0.4) is 0 Å². The van der Waals surface area contributed by atoms with Gasteiger partial charge in [-0.25, -0.2) is 4.79 Å². The molecule has 1 amide bonds. The van der Waals surface area contributed by atoms with E-state index >= 15 is 0 Å². The van der Waals surface area contributed by atoms with Gasteiger partial charge in [0.25, 0.3) is 5.91 Å². The molecule has 172 valence electrons. The van der Waals surface area contributed by atoms with Gasteiger partial charge in [-0.15, -0.1) is 0 Å². The average molecular weight is 465 g/mol. The molecule has 0 aliphatic heterocycles. The first kappa shape index (κ1) is 22.9. The number of carbonyl (C=O) groups is 2. The number of pyridine rings is 2. The Morgan fingerprint density at radius 2 is 1.76 bits per heavy atom. The van der Waals surface area contributed by atoms with Gasteiger partial charge in [-0.2, -0.15) is 13.2 Å². The van der Waals surface area contributed by atoms with Gasteiger partial charge in [0.1, 0.15) is 0 Å². The number of anilines is 1. The molecule has 0 atom stereocenters. The lowest BCUT2D eigenvalue weighted by atomic mass is 10.0. The Kier molecular flexibility index (Phi) is 6.27. The van der Waals surface area contributed by atoms with Crippen LogP contribution in [0.5, 0.6) is 0 Å². The highest BCUT2D eigenvalue weighted by molar-refractivity contribution is 6.09. The summed E-state index contributed by atoms with van der Waals surface area (Å²) in [5.41, 5.74) is 1.36. The lowest BCUT2D eigenvalue weighted by Crippen LogP contribution is -2.13. The Bertz CT molecular complexity index is 1370. The van der Waals surface area contributed by atoms with E-state index in [2.05, 4.69) is 15.3 Å². The van der Waals surface area contributed by atoms with E-state index in [1.165, 1.54) is 12.3 Å². The highest BCUT2D eigenvalue weighted by Crippen LogP contribution is 2.30. The normalized spacial score (nSPS) is 11.3. The quantitative estimate of drug-likeness (QED) is 0.380. The van der Waals surface area contributed by atoms with Crippen molar-refractivity contribution < 1.29 is 27.5 Å². The zero-order valence-electron chi connectivity index (χ0n) is 17.9. The number of ether oxygens (including phenoxy) is 1. The van der Waals surface area contributed by atoms with Crippen molar-refractivity contribution in [3.8, 4) is 11.3 Å². The standard InChI is InChI=1S/C25H18F3N3O3/c1-2-34-24(33)16-11-15-7-9-18(12-22(15)29-13-16)31-23(32)20-6-4-3-5-19(20)21-10-8-17(14-30-21)25(26,27)28/h3-14H,2H2,1H3,(H,31,32). The van der Waals surface area contributed by atoms with Crippen LogP contribution in [-0.4, -0.2) is 28.5 Å². The predicted molar refractivity (Wildman–Crippen MR) is 120 cm³/mol. The molecular weight excluding hydrogens is 447 g/mol. The van der Waals surface area contributed by atoms with Gasteiger partial charge >= 0.3 is 12.1 Å². The number of aromatic nitrogens is 2. The highest BCUT2D eigenvalue weighted by atomic mass is 19.4. The van der Waals surface area contributed by atoms with Crippen LogP contribution in [0.15, 0.2) is 73.1 Å². The highest BCUT2D eigenvalue weighted by Gasteiger charge is 2.30. The maximum Gasteiger partial charge on any atom is 0.417 e. The van der Waals surface area contributed by atoms with Gasteiger partial charge in [0.05, 0.1) is 28.9 Å². The lowest BCUT2D eigenvalue weighted by molar-refractivity contribution is -0.137. The van der Waals surface area contributed by atoms with E-state index in [-0.39, 0.29) is 17.9 Å². The van der Waals surface area contributed by atoms with Gasteiger partial charge in [0, 0.05) is 34.6 Å². The van der Waals surface area contributed by atoms with Crippen molar-refractivity contribution in [1.29, 1.82) is 0 Å². The number of alkyl halides is 3. The minimum Gasteiger partial charge on any atom is -0.462 e. The largest absolute Gasteiger partial charge is 0.462 e. The van der Waals surface area contributed by atoms with E-state index < -0.39 is 23.6 Å². The number of carbonyl (C=O) groups excluding carboxylic acids is 2. The maximum absolute atomic E-state index is 13.0. The van der Waals surface area contributed by atoms with E-state index in [1.54, 1.807) is 55.5 Å². The summed E-state index contributed by atoms with van der Waals surface area (Å²) in [7, 11) is 0. The van der Waals surface area contributed by atoms with Crippen LogP contribution in [0.2, 0.25) is 0 Å². The van der Waals surface area contributed by atoms with Crippen molar-refractivity contribution in [2.75, 3.05) is 11.9 Å². The van der Waals surface area contributed by atoms with Crippen LogP contribution in [0.25, 0.3) is 22.2 Å². The molecule has 2 aromatic heterocycles. The minimum atomic E-state index is -4.50. The van der Waals surface area contributed by atoms with Crippen LogP contribution in [0.1, 0.15) is 33.2 Å². The molecule has 0 spiro atoms. The molecule has 6 nitrogen and oxygen atoms in total. The molecule has 1 N–H and O–H groups in total. The molecule has 0 bridgehead atoms. The summed E-state index contributed by atoms with van der Waals surface area (Å²) in [5, 5.41) is 3.47. The second kappa shape index (κ2) is 9.30. The second-order valence-electron chi connectivity index (χ2n) is 7.28. The molecule has 0 saturated heterocycles. The van der Waals surface area contributed by atoms with E-state index in [9.17, 15) is 22.8 Å². The van der Waals surface area contributed by atoms with Gasteiger partial charge in [-0.1, -0.05) is 24.3 Å². The van der Waals surface area contributed by atoms with Gasteiger partial charge in [-0.05, 0) is 43.3 Å². The summed E-state index contributed by atoms with van der Waals surface area (Å²) in [6, 6.07) is 15.3. The molecular formula is C25H18F3N3O3. The van der Waals surface area contributed by atoms with Crippen molar-refractivity contribution in [2.24, 2.45) is 0 Å². The third-order valence-corrected chi connectivity index (χ3v) is 4.99. The molecule has 2 aromatic carbocycles. The number of amides is 1. The van der Waals surface area contributed by atoms with E-state index in [4.69, 9.17) is 4.74 Å². The zero-order valence-corrected chi connectivity index (χ0v) is 17.9. The number of hydrogen-bond acceptors (Lipinski definition) is 5. The van der Waals surface area contributed by atoms with Crippen LogP contribution in [0.4, 0.5) is 18.9 Å². The van der Waals surface area contributed by atoms with Crippen molar-refractivity contribution in [3.63, 3.8) is 0 Å². The van der Waals surface area contributed by atoms with Crippen molar-refractivity contribution in [2.45, 2.75) is 13.1 Å². The number of rotatable bonds is 5. The summed E-state index contributed by atoms with van der Waals surface area (Å²) >= 11 is 0. The first-order valence-electron chi connectivity index (χ1n) is 10.3. The third kappa shape index (κ3) is 4.88. The number of hydrogen-bond donors (Lipinski definition) is 1. The summed E-state index contributed by atoms with van der Waals surface area (Å²) in [4.78, 5) is 33.0. The topological polar surface area (TPSA) is 81.2 Å². The van der Waals surface area contributed by atoms with Crippen molar-refractivity contribution in [1.82, 2.24) is 9.97 Å². The molecule has 0 radical (unpaired) electrons. The Morgan fingerprint density at radius 3 is 2.47 bits per heavy atom. The fraction of sp³-hybridized carbons (Fsp3) is 0.120. The number of fused-ring (bicyclic) bond motifs is 1. The van der Waals surface area contributed by atoms with Crippen LogP contribution >= 0.6 is 0 Å². The molecule has 0 aliphatic carbocycles. The number of nitrogens with one attached hydrogen (secondary N) is 1. The second-order valence-corrected chi connectivity index (χ2v) is 7.28. The summed E-state index contributed by atoms with van der Waals surface area (Å²) in [6.07, 6.45) is -2.36. The number of nitrogens with zero attached hydrogens (tertiary/aromatic N) is 2. The van der Waals surface area contributed by atoms with Gasteiger partial charge in [-0.3, -0.25) is 14.8 Å². The Hall–Kier alpha value is -4.27. The predicted octanol–water partition coefficient (Wildman–Crippen LogP) is 5.74. The molecule has 4 rings (SSSR count). The molecule has 0 aliphatic rings. The van der Waals surface area contributed by atoms with Crippen molar-refractivity contribution in [3.05, 3.63) is 89.7 Å². The zero-order chi connectivity index (χ0) is 24.3. The lowest BCUT2D eigenvalue weighted by Gasteiger charge is -2.12. The fourth-order valence-electron chi connectivity index (χ4n) is 3.35. The van der Waals surface area contributed by atoms with E-state index in [0.717, 1.165) is 12.3 Å². The SMILES string of the molecule is CCOC(=O)c1cnc2cc(NC(=O)c3ccccc3-c3ccc(C(F)(F)F)cn3)ccc2c1. The molecule has 2 heterocycles. The number of esters is 1. The first-order chi connectivity index (χ1) is 16.3. The van der Waals surface area contributed by atoms with Crippen LogP contribution < -0.4 is 5.32 Å².